The lowest BCUT2D eigenvalue weighted by Crippen LogP contribution is -2.27. The Morgan fingerprint density at radius 3 is 2.76 bits per heavy atom. The summed E-state index contributed by atoms with van der Waals surface area (Å²) >= 11 is 0. The van der Waals surface area contributed by atoms with E-state index in [4.69, 9.17) is 0 Å². The third-order valence-electron chi connectivity index (χ3n) is 4.86. The van der Waals surface area contributed by atoms with Gasteiger partial charge in [0.2, 0.25) is 5.82 Å². The first-order valence-electron chi connectivity index (χ1n) is 9.31. The largest absolute Gasteiger partial charge is 0.345 e. The molecule has 1 unspecified atom stereocenters. The molecule has 8 heteroatoms. The monoisotopic (exact) mass is 387 g/mol. The second-order valence-corrected chi connectivity index (χ2v) is 6.85. The SMILES string of the molecule is CC(NC(=O)c1cnn(C)c1Cc1ccccc1)c1cccc(-c2nn[nH]n2)c1. The molecule has 8 nitrogen and oxygen atoms in total. The highest BCUT2D eigenvalue weighted by molar-refractivity contribution is 5.95. The zero-order valence-corrected chi connectivity index (χ0v) is 16.2. The number of aromatic amines is 1. The second kappa shape index (κ2) is 8.05. The Labute approximate surface area is 168 Å². The molecule has 1 amide bonds. The van der Waals surface area contributed by atoms with Crippen molar-refractivity contribution in [3.8, 4) is 11.4 Å². The number of tetrazole rings is 1. The van der Waals surface area contributed by atoms with Crippen LogP contribution in [0, 0.1) is 0 Å². The molecular formula is C21H21N7O. The van der Waals surface area contributed by atoms with E-state index < -0.39 is 0 Å². The number of nitrogens with zero attached hydrogens (tertiary/aromatic N) is 5. The normalized spacial score (nSPS) is 11.9. The van der Waals surface area contributed by atoms with Gasteiger partial charge in [-0.25, -0.2) is 0 Å². The van der Waals surface area contributed by atoms with Crippen LogP contribution in [0.25, 0.3) is 11.4 Å². The Kier molecular flexibility index (Phi) is 5.15. The van der Waals surface area contributed by atoms with E-state index in [-0.39, 0.29) is 11.9 Å². The number of nitrogens with one attached hydrogen (secondary N) is 2. The summed E-state index contributed by atoms with van der Waals surface area (Å²) in [5.74, 6) is 0.365. The first-order valence-corrected chi connectivity index (χ1v) is 9.31. The third-order valence-corrected chi connectivity index (χ3v) is 4.86. The molecule has 29 heavy (non-hydrogen) atoms. The van der Waals surface area contributed by atoms with E-state index in [0.29, 0.717) is 17.8 Å². The quantitative estimate of drug-likeness (QED) is 0.530. The number of carbonyl (C=O) groups is 1. The van der Waals surface area contributed by atoms with Crippen LogP contribution in [-0.4, -0.2) is 36.3 Å². The summed E-state index contributed by atoms with van der Waals surface area (Å²) in [5.41, 5.74) is 4.38. The van der Waals surface area contributed by atoms with Crippen LogP contribution >= 0.6 is 0 Å². The van der Waals surface area contributed by atoms with Crippen molar-refractivity contribution in [3.05, 3.63) is 83.2 Å². The Hall–Kier alpha value is -3.81. The van der Waals surface area contributed by atoms with Crippen LogP contribution in [0.1, 0.15) is 40.1 Å². The summed E-state index contributed by atoms with van der Waals surface area (Å²) in [7, 11) is 1.85. The minimum Gasteiger partial charge on any atom is -0.345 e. The van der Waals surface area contributed by atoms with Crippen molar-refractivity contribution in [2.24, 2.45) is 7.05 Å². The third kappa shape index (κ3) is 4.06. The molecule has 0 saturated carbocycles. The van der Waals surface area contributed by atoms with Crippen LogP contribution in [0.3, 0.4) is 0 Å². The topological polar surface area (TPSA) is 101 Å². The number of amides is 1. The van der Waals surface area contributed by atoms with Gasteiger partial charge >= 0.3 is 0 Å². The molecule has 2 aromatic carbocycles. The van der Waals surface area contributed by atoms with Gasteiger partial charge in [-0.3, -0.25) is 9.48 Å². The lowest BCUT2D eigenvalue weighted by molar-refractivity contribution is 0.0939. The molecule has 2 N–H and O–H groups in total. The highest BCUT2D eigenvalue weighted by Crippen LogP contribution is 2.21. The van der Waals surface area contributed by atoms with Gasteiger partial charge in [0.05, 0.1) is 23.5 Å². The predicted octanol–water partition coefficient (Wildman–Crippen LogP) is 2.68. The van der Waals surface area contributed by atoms with E-state index in [1.54, 1.807) is 10.9 Å². The molecule has 0 spiro atoms. The van der Waals surface area contributed by atoms with Gasteiger partial charge in [-0.05, 0) is 29.3 Å². The minimum atomic E-state index is -0.195. The van der Waals surface area contributed by atoms with Crippen molar-refractivity contribution in [3.63, 3.8) is 0 Å². The molecule has 0 saturated heterocycles. The Balaban J connectivity index is 1.52. The van der Waals surface area contributed by atoms with Crippen molar-refractivity contribution in [1.29, 1.82) is 0 Å². The minimum absolute atomic E-state index is 0.151. The lowest BCUT2D eigenvalue weighted by Gasteiger charge is -2.15. The van der Waals surface area contributed by atoms with Gasteiger partial charge < -0.3 is 5.32 Å². The number of aromatic nitrogens is 6. The van der Waals surface area contributed by atoms with Crippen molar-refractivity contribution >= 4 is 5.91 Å². The molecule has 0 bridgehead atoms. The Bertz CT molecular complexity index is 1100. The van der Waals surface area contributed by atoms with E-state index in [2.05, 4.69) is 31.0 Å². The van der Waals surface area contributed by atoms with Gasteiger partial charge in [0.1, 0.15) is 0 Å². The maximum Gasteiger partial charge on any atom is 0.255 e. The molecular weight excluding hydrogens is 366 g/mol. The maximum absolute atomic E-state index is 13.0. The van der Waals surface area contributed by atoms with Gasteiger partial charge in [-0.15, -0.1) is 10.2 Å². The van der Waals surface area contributed by atoms with Crippen molar-refractivity contribution in [1.82, 2.24) is 35.7 Å². The van der Waals surface area contributed by atoms with Crippen molar-refractivity contribution in [2.45, 2.75) is 19.4 Å². The molecule has 2 aromatic heterocycles. The van der Waals surface area contributed by atoms with Crippen LogP contribution < -0.4 is 5.32 Å². The molecule has 2 heterocycles. The van der Waals surface area contributed by atoms with E-state index in [1.807, 2.05) is 68.6 Å². The summed E-state index contributed by atoms with van der Waals surface area (Å²) < 4.78 is 1.75. The van der Waals surface area contributed by atoms with Crippen LogP contribution in [0.5, 0.6) is 0 Å². The molecule has 146 valence electrons. The number of rotatable bonds is 6. The van der Waals surface area contributed by atoms with E-state index in [1.165, 1.54) is 0 Å². The number of H-pyrrole nitrogens is 1. The molecule has 0 aliphatic rings. The first-order chi connectivity index (χ1) is 14.1. The van der Waals surface area contributed by atoms with Gasteiger partial charge in [0, 0.05) is 19.0 Å². The number of benzene rings is 2. The fraction of sp³-hybridized carbons (Fsp3) is 0.190. The smallest absolute Gasteiger partial charge is 0.255 e. The number of carbonyl (C=O) groups excluding carboxylic acids is 1. The summed E-state index contributed by atoms with van der Waals surface area (Å²) in [6.45, 7) is 1.94. The van der Waals surface area contributed by atoms with Crippen molar-refractivity contribution < 1.29 is 4.79 Å². The summed E-state index contributed by atoms with van der Waals surface area (Å²) in [5, 5.41) is 21.4. The fourth-order valence-corrected chi connectivity index (χ4v) is 3.24. The molecule has 4 aromatic rings. The van der Waals surface area contributed by atoms with Gasteiger partial charge in [0.15, 0.2) is 0 Å². The second-order valence-electron chi connectivity index (χ2n) is 6.85. The van der Waals surface area contributed by atoms with Gasteiger partial charge in [-0.1, -0.05) is 48.5 Å². The Morgan fingerprint density at radius 2 is 2.00 bits per heavy atom. The molecule has 0 radical (unpaired) electrons. The zero-order valence-electron chi connectivity index (χ0n) is 16.2. The summed E-state index contributed by atoms with van der Waals surface area (Å²) in [6, 6.07) is 17.6. The zero-order chi connectivity index (χ0) is 20.2. The summed E-state index contributed by atoms with van der Waals surface area (Å²) in [4.78, 5) is 13.0. The average Bonchev–Trinajstić information content (AvgIpc) is 3.40. The van der Waals surface area contributed by atoms with Crippen LogP contribution in [0.4, 0.5) is 0 Å². The molecule has 0 fully saturated rings. The van der Waals surface area contributed by atoms with Crippen molar-refractivity contribution in [2.75, 3.05) is 0 Å². The number of hydrogen-bond acceptors (Lipinski definition) is 5. The van der Waals surface area contributed by atoms with E-state index in [9.17, 15) is 4.79 Å². The van der Waals surface area contributed by atoms with Crippen LogP contribution in [0.15, 0.2) is 60.8 Å². The van der Waals surface area contributed by atoms with E-state index in [0.717, 1.165) is 22.4 Å². The number of hydrogen-bond donors (Lipinski definition) is 2. The highest BCUT2D eigenvalue weighted by atomic mass is 16.1. The van der Waals surface area contributed by atoms with Crippen LogP contribution in [0.2, 0.25) is 0 Å². The fourth-order valence-electron chi connectivity index (χ4n) is 3.24. The highest BCUT2D eigenvalue weighted by Gasteiger charge is 2.19. The average molecular weight is 387 g/mol. The standard InChI is InChI=1S/C21H21N7O/c1-14(16-9-6-10-17(12-16)20-24-26-27-25-20)23-21(29)18-13-22-28(2)19(18)11-15-7-4-3-5-8-15/h3-10,12-14H,11H2,1-2H3,(H,23,29)(H,24,25,26,27). The Morgan fingerprint density at radius 1 is 1.17 bits per heavy atom. The molecule has 0 aliphatic carbocycles. The van der Waals surface area contributed by atoms with Crippen LogP contribution in [-0.2, 0) is 13.5 Å². The molecule has 4 rings (SSSR count). The summed E-state index contributed by atoms with van der Waals surface area (Å²) in [6.07, 6.45) is 2.26. The lowest BCUT2D eigenvalue weighted by atomic mass is 10.0. The van der Waals surface area contributed by atoms with E-state index >= 15 is 0 Å². The predicted molar refractivity (Wildman–Crippen MR) is 108 cm³/mol. The van der Waals surface area contributed by atoms with Gasteiger partial charge in [-0.2, -0.15) is 10.3 Å². The van der Waals surface area contributed by atoms with Gasteiger partial charge in [0.25, 0.3) is 5.91 Å². The maximum atomic E-state index is 13.0. The molecule has 1 atom stereocenters. The molecule has 0 aliphatic heterocycles. The number of aryl methyl sites for hydroxylation is 1. The first kappa shape index (κ1) is 18.5.